The number of rotatable bonds is 9. The van der Waals surface area contributed by atoms with Gasteiger partial charge in [0.2, 0.25) is 5.52 Å². The Labute approximate surface area is 216 Å². The van der Waals surface area contributed by atoms with Crippen molar-refractivity contribution in [3.05, 3.63) is 69.4 Å². The quantitative estimate of drug-likeness (QED) is 0.335. The smallest absolute Gasteiger partial charge is 0.263 e. The van der Waals surface area contributed by atoms with Gasteiger partial charge in [0.05, 0.1) is 33.5 Å². The molecule has 4 rings (SSSR count). The summed E-state index contributed by atoms with van der Waals surface area (Å²) in [5, 5.41) is 2.67. The molecule has 1 aliphatic carbocycles. The molecule has 1 aliphatic heterocycles. The van der Waals surface area contributed by atoms with Gasteiger partial charge in [-0.15, -0.1) is 0 Å². The van der Waals surface area contributed by atoms with Gasteiger partial charge >= 0.3 is 0 Å². The number of thiazole rings is 1. The van der Waals surface area contributed by atoms with E-state index in [2.05, 4.69) is 72.7 Å². The van der Waals surface area contributed by atoms with Crippen molar-refractivity contribution >= 4 is 49.5 Å². The monoisotopic (exact) mass is 532 g/mol. The van der Waals surface area contributed by atoms with E-state index in [1.54, 1.807) is 18.4 Å². The Morgan fingerprint density at radius 2 is 2.11 bits per heavy atom. The van der Waals surface area contributed by atoms with Gasteiger partial charge in [-0.2, -0.15) is 4.57 Å². The summed E-state index contributed by atoms with van der Waals surface area (Å²) in [6.07, 6.45) is 12.1. The van der Waals surface area contributed by atoms with E-state index in [1.807, 2.05) is 17.8 Å². The van der Waals surface area contributed by atoms with E-state index in [0.29, 0.717) is 18.2 Å². The molecule has 1 aromatic carbocycles. The third-order valence-corrected chi connectivity index (χ3v) is 9.49. The van der Waals surface area contributed by atoms with Crippen LogP contribution in [0.4, 0.5) is 0 Å². The first kappa shape index (κ1) is 26.0. The molecule has 35 heavy (non-hydrogen) atoms. The molecule has 1 saturated heterocycles. The van der Waals surface area contributed by atoms with Crippen molar-refractivity contribution in [3.8, 4) is 0 Å². The average Bonchev–Trinajstić information content (AvgIpc) is 3.33. The average molecular weight is 533 g/mol. The second-order valence-electron chi connectivity index (χ2n) is 8.73. The Kier molecular flexibility index (Phi) is 8.10. The maximum absolute atomic E-state index is 11.2. The zero-order chi connectivity index (χ0) is 25.2. The Morgan fingerprint density at radius 1 is 1.31 bits per heavy atom. The third-order valence-electron chi connectivity index (χ3n) is 6.29. The summed E-state index contributed by atoms with van der Waals surface area (Å²) in [5.74, 6) is 0.548. The highest BCUT2D eigenvalue weighted by molar-refractivity contribution is 8.04. The van der Waals surface area contributed by atoms with E-state index in [-0.39, 0.29) is 11.8 Å². The van der Waals surface area contributed by atoms with Crippen LogP contribution in [0, 0.1) is 6.92 Å². The van der Waals surface area contributed by atoms with Gasteiger partial charge in [0.25, 0.3) is 5.01 Å². The molecule has 9 heteroatoms. The van der Waals surface area contributed by atoms with Gasteiger partial charge in [-0.3, -0.25) is 0 Å². The van der Waals surface area contributed by atoms with E-state index in [0.717, 1.165) is 39.5 Å². The number of thioether (sulfide) groups is 1. The lowest BCUT2D eigenvalue weighted by molar-refractivity contribution is -0.668. The standard InChI is InChI=1S/C26H32N2O4S3/c1-5-19(15-25-27(6-2)22-17-20(32-4)9-11-24(22)33-25)16-26-28(12-7-13-35(29,30)31)21-14-18(3)8-10-23(21)34-26/h8-11,14-17,22,24H,5-7,12-13H2,1-4H3. The SMILES string of the molecule is CCC(=Cc1sc2ccc(C)cc2[n+]1CCCS(=O)(=O)[O-])C=C1SC2C=CC(OC)=CC2N1CC. The first-order chi connectivity index (χ1) is 16.7. The van der Waals surface area contributed by atoms with Crippen LogP contribution in [0.25, 0.3) is 16.3 Å². The molecule has 1 fully saturated rings. The summed E-state index contributed by atoms with van der Waals surface area (Å²) >= 11 is 3.57. The number of aromatic nitrogens is 1. The number of methoxy groups -OCH3 is 1. The molecule has 2 unspecified atom stereocenters. The molecule has 2 heterocycles. The Hall–Kier alpha value is -2.07. The minimum Gasteiger partial charge on any atom is -0.748 e. The van der Waals surface area contributed by atoms with Crippen LogP contribution >= 0.6 is 23.1 Å². The number of benzene rings is 1. The fourth-order valence-corrected chi connectivity index (χ4v) is 7.52. The van der Waals surface area contributed by atoms with Gasteiger partial charge in [0, 0.05) is 30.9 Å². The lowest BCUT2D eigenvalue weighted by Gasteiger charge is -2.26. The van der Waals surface area contributed by atoms with Gasteiger partial charge in [0.15, 0.2) is 6.54 Å². The summed E-state index contributed by atoms with van der Waals surface area (Å²) < 4.78 is 42.3. The molecule has 2 aromatic rings. The van der Waals surface area contributed by atoms with Crippen LogP contribution in [0.15, 0.2) is 58.9 Å². The minimum absolute atomic E-state index is 0.278. The van der Waals surface area contributed by atoms with Gasteiger partial charge in [-0.05, 0) is 55.7 Å². The van der Waals surface area contributed by atoms with Crippen molar-refractivity contribution in [1.29, 1.82) is 0 Å². The fourth-order valence-electron chi connectivity index (χ4n) is 4.48. The Morgan fingerprint density at radius 3 is 2.80 bits per heavy atom. The van der Waals surface area contributed by atoms with Crippen molar-refractivity contribution in [2.75, 3.05) is 19.4 Å². The topological polar surface area (TPSA) is 73.5 Å². The van der Waals surface area contributed by atoms with Crippen LogP contribution in [0.3, 0.4) is 0 Å². The molecule has 0 radical (unpaired) electrons. The molecule has 0 N–H and O–H groups in total. The number of nitrogens with zero attached hydrogens (tertiary/aromatic N) is 2. The molecule has 0 amide bonds. The maximum Gasteiger partial charge on any atom is 0.263 e. The largest absolute Gasteiger partial charge is 0.748 e. The van der Waals surface area contributed by atoms with Gasteiger partial charge in [0.1, 0.15) is 10.5 Å². The van der Waals surface area contributed by atoms with Crippen molar-refractivity contribution in [3.63, 3.8) is 0 Å². The molecule has 0 spiro atoms. The number of allylic oxidation sites excluding steroid dienone is 3. The molecule has 2 aliphatic rings. The van der Waals surface area contributed by atoms with Crippen molar-refractivity contribution in [2.45, 2.75) is 51.4 Å². The highest BCUT2D eigenvalue weighted by Gasteiger charge is 2.36. The number of hydrogen-bond donors (Lipinski definition) is 0. The molecule has 188 valence electrons. The van der Waals surface area contributed by atoms with Crippen LogP contribution in [-0.4, -0.2) is 48.6 Å². The summed E-state index contributed by atoms with van der Waals surface area (Å²) in [7, 11) is -2.53. The second kappa shape index (κ2) is 10.9. The summed E-state index contributed by atoms with van der Waals surface area (Å²) in [4.78, 5) is 2.42. The lowest BCUT2D eigenvalue weighted by Crippen LogP contribution is -2.36. The van der Waals surface area contributed by atoms with E-state index in [1.165, 1.54) is 10.6 Å². The number of hydrogen-bond acceptors (Lipinski definition) is 7. The minimum atomic E-state index is -4.23. The number of likely N-dealkylation sites (N-methyl/N-ethyl adjacent to an activating group) is 1. The Balaban J connectivity index is 1.69. The van der Waals surface area contributed by atoms with Crippen molar-refractivity contribution in [1.82, 2.24) is 4.90 Å². The van der Waals surface area contributed by atoms with Crippen LogP contribution < -0.4 is 4.57 Å². The normalized spacial score (nSPS) is 21.6. The zero-order valence-electron chi connectivity index (χ0n) is 20.6. The molecule has 0 saturated carbocycles. The molecule has 6 nitrogen and oxygen atoms in total. The third kappa shape index (κ3) is 6.02. The van der Waals surface area contributed by atoms with E-state index in [4.69, 9.17) is 4.74 Å². The maximum atomic E-state index is 11.2. The van der Waals surface area contributed by atoms with E-state index < -0.39 is 10.1 Å². The van der Waals surface area contributed by atoms with Gasteiger partial charge < -0.3 is 14.2 Å². The van der Waals surface area contributed by atoms with Crippen LogP contribution in [0.5, 0.6) is 0 Å². The van der Waals surface area contributed by atoms with Crippen LogP contribution in [-0.2, 0) is 21.4 Å². The number of aryl methyl sites for hydroxylation is 2. The first-order valence-corrected chi connectivity index (χ1v) is 15.2. The van der Waals surface area contributed by atoms with E-state index in [9.17, 15) is 13.0 Å². The predicted octanol–water partition coefficient (Wildman–Crippen LogP) is 4.97. The lowest BCUT2D eigenvalue weighted by atomic mass is 10.1. The van der Waals surface area contributed by atoms with Crippen molar-refractivity contribution < 1.29 is 22.3 Å². The number of fused-ring (bicyclic) bond motifs is 2. The highest BCUT2D eigenvalue weighted by atomic mass is 32.2. The summed E-state index contributed by atoms with van der Waals surface area (Å²) in [6.45, 7) is 7.77. The molecule has 0 bridgehead atoms. The van der Waals surface area contributed by atoms with Crippen LogP contribution in [0.2, 0.25) is 0 Å². The number of ether oxygens (including phenoxy) is 1. The molecular weight excluding hydrogens is 500 g/mol. The van der Waals surface area contributed by atoms with Crippen LogP contribution in [0.1, 0.15) is 37.3 Å². The fraction of sp³-hybridized carbons (Fsp3) is 0.423. The molecule has 2 atom stereocenters. The van der Waals surface area contributed by atoms with E-state index >= 15 is 0 Å². The molecular formula is C26H32N2O4S3. The second-order valence-corrected chi connectivity index (χ2v) is 12.5. The van der Waals surface area contributed by atoms with Gasteiger partial charge in [-0.25, -0.2) is 8.42 Å². The zero-order valence-corrected chi connectivity index (χ0v) is 23.0. The predicted molar refractivity (Wildman–Crippen MR) is 144 cm³/mol. The Bertz CT molecular complexity index is 1320. The summed E-state index contributed by atoms with van der Waals surface area (Å²) in [6, 6.07) is 6.61. The first-order valence-electron chi connectivity index (χ1n) is 11.9. The summed E-state index contributed by atoms with van der Waals surface area (Å²) in [5.41, 5.74) is 3.43. The highest BCUT2D eigenvalue weighted by Crippen LogP contribution is 2.43. The van der Waals surface area contributed by atoms with Crippen molar-refractivity contribution in [2.24, 2.45) is 0 Å². The molecule has 1 aromatic heterocycles. The van der Waals surface area contributed by atoms with Gasteiger partial charge in [-0.1, -0.05) is 42.2 Å².